The van der Waals surface area contributed by atoms with Gasteiger partial charge in [-0.1, -0.05) is 19.8 Å². The molecule has 1 fully saturated rings. The SMILES string of the molecule is CCCCCOc1ccc(N2CCNCC2)cc1. The molecule has 1 heterocycles. The molecule has 1 saturated heterocycles. The van der Waals surface area contributed by atoms with E-state index in [1.54, 1.807) is 0 Å². The van der Waals surface area contributed by atoms with E-state index in [0.717, 1.165) is 45.0 Å². The Labute approximate surface area is 110 Å². The molecule has 3 heteroatoms. The summed E-state index contributed by atoms with van der Waals surface area (Å²) in [7, 11) is 0. The Kier molecular flexibility index (Phi) is 5.34. The van der Waals surface area contributed by atoms with Gasteiger partial charge in [0, 0.05) is 31.9 Å². The highest BCUT2D eigenvalue weighted by molar-refractivity contribution is 5.49. The lowest BCUT2D eigenvalue weighted by molar-refractivity contribution is 0.306. The minimum atomic E-state index is 0.834. The van der Waals surface area contributed by atoms with Crippen molar-refractivity contribution in [1.82, 2.24) is 5.32 Å². The monoisotopic (exact) mass is 248 g/mol. The number of unbranched alkanes of at least 4 members (excludes halogenated alkanes) is 2. The van der Waals surface area contributed by atoms with Gasteiger partial charge in [-0.15, -0.1) is 0 Å². The summed E-state index contributed by atoms with van der Waals surface area (Å²) in [5.74, 6) is 0.991. The minimum absolute atomic E-state index is 0.834. The van der Waals surface area contributed by atoms with Crippen LogP contribution in [0.5, 0.6) is 5.75 Å². The van der Waals surface area contributed by atoms with Crippen LogP contribution in [0.4, 0.5) is 5.69 Å². The number of rotatable bonds is 6. The number of nitrogens with zero attached hydrogens (tertiary/aromatic N) is 1. The molecular formula is C15H24N2O. The number of ether oxygens (including phenoxy) is 1. The second-order valence-corrected chi connectivity index (χ2v) is 4.79. The van der Waals surface area contributed by atoms with Gasteiger partial charge in [0.15, 0.2) is 0 Å². The van der Waals surface area contributed by atoms with Gasteiger partial charge in [-0.05, 0) is 30.7 Å². The average molecular weight is 248 g/mol. The molecule has 1 aliphatic heterocycles. The summed E-state index contributed by atoms with van der Waals surface area (Å²) in [5.41, 5.74) is 1.30. The van der Waals surface area contributed by atoms with Gasteiger partial charge in [-0.2, -0.15) is 0 Å². The molecule has 0 aliphatic carbocycles. The summed E-state index contributed by atoms with van der Waals surface area (Å²) in [6, 6.07) is 8.51. The van der Waals surface area contributed by atoms with E-state index in [9.17, 15) is 0 Å². The first-order valence-corrected chi connectivity index (χ1v) is 7.08. The molecule has 0 unspecified atom stereocenters. The fourth-order valence-corrected chi connectivity index (χ4v) is 2.22. The molecule has 0 spiro atoms. The lowest BCUT2D eigenvalue weighted by Gasteiger charge is -2.29. The predicted molar refractivity (Wildman–Crippen MR) is 76.5 cm³/mol. The van der Waals surface area contributed by atoms with Crippen molar-refractivity contribution in [2.24, 2.45) is 0 Å². The molecule has 0 bridgehead atoms. The molecule has 0 aromatic heterocycles. The minimum Gasteiger partial charge on any atom is -0.494 e. The maximum atomic E-state index is 5.72. The Bertz CT molecular complexity index is 331. The van der Waals surface area contributed by atoms with Crippen molar-refractivity contribution in [3.05, 3.63) is 24.3 Å². The molecule has 2 rings (SSSR count). The van der Waals surface area contributed by atoms with E-state index >= 15 is 0 Å². The Morgan fingerprint density at radius 3 is 2.50 bits per heavy atom. The van der Waals surface area contributed by atoms with Gasteiger partial charge in [0.05, 0.1) is 6.61 Å². The van der Waals surface area contributed by atoms with Crippen LogP contribution in [0, 0.1) is 0 Å². The van der Waals surface area contributed by atoms with Crippen LogP contribution in [0.25, 0.3) is 0 Å². The van der Waals surface area contributed by atoms with Gasteiger partial charge in [0.2, 0.25) is 0 Å². The quantitative estimate of drug-likeness (QED) is 0.783. The number of hydrogen-bond acceptors (Lipinski definition) is 3. The van der Waals surface area contributed by atoms with Crippen molar-refractivity contribution >= 4 is 5.69 Å². The zero-order chi connectivity index (χ0) is 12.6. The molecule has 18 heavy (non-hydrogen) atoms. The molecule has 1 aromatic rings. The number of nitrogens with one attached hydrogen (secondary N) is 1. The summed E-state index contributed by atoms with van der Waals surface area (Å²) >= 11 is 0. The van der Waals surface area contributed by atoms with E-state index in [-0.39, 0.29) is 0 Å². The van der Waals surface area contributed by atoms with Crippen LogP contribution in [0.1, 0.15) is 26.2 Å². The molecule has 0 radical (unpaired) electrons. The highest BCUT2D eigenvalue weighted by Gasteiger charge is 2.09. The van der Waals surface area contributed by atoms with Crippen molar-refractivity contribution in [2.45, 2.75) is 26.2 Å². The zero-order valence-corrected chi connectivity index (χ0v) is 11.3. The second kappa shape index (κ2) is 7.27. The Hall–Kier alpha value is -1.22. The average Bonchev–Trinajstić information content (AvgIpc) is 2.45. The maximum Gasteiger partial charge on any atom is 0.119 e. The standard InChI is InChI=1S/C15H24N2O/c1-2-3-4-13-18-15-7-5-14(6-8-15)17-11-9-16-10-12-17/h5-8,16H,2-4,9-13H2,1H3. The van der Waals surface area contributed by atoms with E-state index in [4.69, 9.17) is 4.74 Å². The molecule has 0 amide bonds. The van der Waals surface area contributed by atoms with Crippen LogP contribution in [0.15, 0.2) is 24.3 Å². The van der Waals surface area contributed by atoms with Gasteiger partial charge in [-0.3, -0.25) is 0 Å². The van der Waals surface area contributed by atoms with Gasteiger partial charge >= 0.3 is 0 Å². The van der Waals surface area contributed by atoms with Crippen molar-refractivity contribution in [3.63, 3.8) is 0 Å². The number of anilines is 1. The third-order valence-corrected chi connectivity index (χ3v) is 3.34. The van der Waals surface area contributed by atoms with Crippen LogP contribution in [-0.4, -0.2) is 32.8 Å². The molecular weight excluding hydrogens is 224 g/mol. The lowest BCUT2D eigenvalue weighted by atomic mass is 10.2. The van der Waals surface area contributed by atoms with Crippen molar-refractivity contribution in [3.8, 4) is 5.75 Å². The fraction of sp³-hybridized carbons (Fsp3) is 0.600. The van der Waals surface area contributed by atoms with E-state index in [1.165, 1.54) is 18.5 Å². The maximum absolute atomic E-state index is 5.72. The van der Waals surface area contributed by atoms with Crippen molar-refractivity contribution < 1.29 is 4.74 Å². The Morgan fingerprint density at radius 1 is 1.11 bits per heavy atom. The molecule has 1 aliphatic rings. The van der Waals surface area contributed by atoms with Crippen LogP contribution in [0.3, 0.4) is 0 Å². The van der Waals surface area contributed by atoms with Crippen LogP contribution >= 0.6 is 0 Å². The van der Waals surface area contributed by atoms with Crippen molar-refractivity contribution in [2.75, 3.05) is 37.7 Å². The highest BCUT2D eigenvalue weighted by atomic mass is 16.5. The van der Waals surface area contributed by atoms with Crippen LogP contribution in [0.2, 0.25) is 0 Å². The Morgan fingerprint density at radius 2 is 1.83 bits per heavy atom. The summed E-state index contributed by atoms with van der Waals surface area (Å²) < 4.78 is 5.72. The van der Waals surface area contributed by atoms with Crippen LogP contribution in [-0.2, 0) is 0 Å². The molecule has 1 aromatic carbocycles. The zero-order valence-electron chi connectivity index (χ0n) is 11.3. The third-order valence-electron chi connectivity index (χ3n) is 3.34. The van der Waals surface area contributed by atoms with Gasteiger partial charge in [-0.25, -0.2) is 0 Å². The van der Waals surface area contributed by atoms with Crippen molar-refractivity contribution in [1.29, 1.82) is 0 Å². The molecule has 0 saturated carbocycles. The molecule has 1 N–H and O–H groups in total. The first-order chi connectivity index (χ1) is 8.90. The smallest absolute Gasteiger partial charge is 0.119 e. The van der Waals surface area contributed by atoms with Crippen LogP contribution < -0.4 is 15.0 Å². The fourth-order valence-electron chi connectivity index (χ4n) is 2.22. The number of benzene rings is 1. The molecule has 100 valence electrons. The second-order valence-electron chi connectivity index (χ2n) is 4.79. The highest BCUT2D eigenvalue weighted by Crippen LogP contribution is 2.20. The Balaban J connectivity index is 1.81. The van der Waals surface area contributed by atoms with E-state index < -0.39 is 0 Å². The molecule has 3 nitrogen and oxygen atoms in total. The predicted octanol–water partition coefficient (Wildman–Crippen LogP) is 2.67. The van der Waals surface area contributed by atoms with E-state index in [1.807, 2.05) is 0 Å². The third kappa shape index (κ3) is 3.91. The first-order valence-electron chi connectivity index (χ1n) is 7.08. The van der Waals surface area contributed by atoms with Gasteiger partial charge in [0.1, 0.15) is 5.75 Å². The van der Waals surface area contributed by atoms with E-state index in [2.05, 4.69) is 41.4 Å². The van der Waals surface area contributed by atoms with Gasteiger partial charge < -0.3 is 15.0 Å². The normalized spacial score (nSPS) is 15.7. The van der Waals surface area contributed by atoms with E-state index in [0.29, 0.717) is 0 Å². The number of hydrogen-bond donors (Lipinski definition) is 1. The first kappa shape index (κ1) is 13.2. The summed E-state index contributed by atoms with van der Waals surface area (Å²) in [5, 5.41) is 3.37. The largest absolute Gasteiger partial charge is 0.494 e. The summed E-state index contributed by atoms with van der Waals surface area (Å²) in [4.78, 5) is 2.41. The van der Waals surface area contributed by atoms with Gasteiger partial charge in [0.25, 0.3) is 0 Å². The molecule has 0 atom stereocenters. The summed E-state index contributed by atoms with van der Waals surface area (Å²) in [6.45, 7) is 7.39. The summed E-state index contributed by atoms with van der Waals surface area (Å²) in [6.07, 6.45) is 3.64. The lowest BCUT2D eigenvalue weighted by Crippen LogP contribution is -2.43. The topological polar surface area (TPSA) is 24.5 Å². The number of piperazine rings is 1.